The van der Waals surface area contributed by atoms with Crippen LogP contribution in [-0.2, 0) is 0 Å². The van der Waals surface area contributed by atoms with E-state index in [1.807, 2.05) is 24.3 Å². The van der Waals surface area contributed by atoms with Gasteiger partial charge in [0.1, 0.15) is 0 Å². The molecule has 0 unspecified atom stereocenters. The van der Waals surface area contributed by atoms with Gasteiger partial charge in [0.15, 0.2) is 0 Å². The summed E-state index contributed by atoms with van der Waals surface area (Å²) in [6.07, 6.45) is 1.51. The predicted molar refractivity (Wildman–Crippen MR) is 54.5 cm³/mol. The zero-order chi connectivity index (χ0) is 9.68. The van der Waals surface area contributed by atoms with Crippen molar-refractivity contribution in [3.63, 3.8) is 0 Å². The Bertz CT molecular complexity index is 321. The van der Waals surface area contributed by atoms with Crippen LogP contribution in [0.1, 0.15) is 5.56 Å². The molecule has 0 bridgehead atoms. The fourth-order valence-electron chi connectivity index (χ4n) is 0.719. The van der Waals surface area contributed by atoms with Crippen LogP contribution < -0.4 is 11.2 Å². The van der Waals surface area contributed by atoms with Crippen LogP contribution in [0.3, 0.4) is 0 Å². The molecule has 0 aliphatic heterocycles. The summed E-state index contributed by atoms with van der Waals surface area (Å²) in [5, 5.41) is 3.61. The molecule has 0 saturated carbocycles. The summed E-state index contributed by atoms with van der Waals surface area (Å²) >= 11 is 3.30. The number of primary amides is 1. The summed E-state index contributed by atoms with van der Waals surface area (Å²) in [6, 6.07) is 6.80. The summed E-state index contributed by atoms with van der Waals surface area (Å²) in [5.41, 5.74) is 7.80. The minimum absolute atomic E-state index is 0.673. The molecular weight excluding hydrogens is 234 g/mol. The standard InChI is InChI=1S/C8H8BrN3O/c9-7-3-1-6(2-4-7)5-11-12-8(10)13/h1-5H,(H3,10,12,13)/b11-5-. The molecule has 0 fully saturated rings. The second-order valence-electron chi connectivity index (χ2n) is 2.29. The van der Waals surface area contributed by atoms with Crippen LogP contribution in [0, 0.1) is 0 Å². The van der Waals surface area contributed by atoms with E-state index in [4.69, 9.17) is 5.73 Å². The Kier molecular flexibility index (Phi) is 3.45. The monoisotopic (exact) mass is 241 g/mol. The van der Waals surface area contributed by atoms with Crippen molar-refractivity contribution in [3.05, 3.63) is 34.3 Å². The van der Waals surface area contributed by atoms with E-state index in [-0.39, 0.29) is 0 Å². The average Bonchev–Trinajstić information content (AvgIpc) is 2.08. The number of carbonyl (C=O) groups is 1. The Hall–Kier alpha value is -1.36. The molecule has 0 atom stereocenters. The van der Waals surface area contributed by atoms with Crippen molar-refractivity contribution in [2.24, 2.45) is 10.8 Å². The van der Waals surface area contributed by atoms with Gasteiger partial charge in [-0.1, -0.05) is 28.1 Å². The van der Waals surface area contributed by atoms with Gasteiger partial charge < -0.3 is 5.73 Å². The van der Waals surface area contributed by atoms with Crippen LogP contribution in [0.2, 0.25) is 0 Å². The quantitative estimate of drug-likeness (QED) is 0.598. The number of carbonyl (C=O) groups excluding carboxylic acids is 1. The van der Waals surface area contributed by atoms with E-state index >= 15 is 0 Å². The fraction of sp³-hybridized carbons (Fsp3) is 0. The largest absolute Gasteiger partial charge is 0.350 e. The maximum absolute atomic E-state index is 10.2. The lowest BCUT2D eigenvalue weighted by Crippen LogP contribution is -2.24. The van der Waals surface area contributed by atoms with Crippen molar-refractivity contribution in [2.45, 2.75) is 0 Å². The highest BCUT2D eigenvalue weighted by Crippen LogP contribution is 2.08. The van der Waals surface area contributed by atoms with Crippen molar-refractivity contribution in [2.75, 3.05) is 0 Å². The minimum atomic E-state index is -0.673. The molecule has 0 aliphatic carbocycles. The Morgan fingerprint density at radius 1 is 1.46 bits per heavy atom. The van der Waals surface area contributed by atoms with Gasteiger partial charge in [0.05, 0.1) is 6.21 Å². The lowest BCUT2D eigenvalue weighted by atomic mass is 10.2. The van der Waals surface area contributed by atoms with Crippen LogP contribution in [0.25, 0.3) is 0 Å². The van der Waals surface area contributed by atoms with Gasteiger partial charge in [0.25, 0.3) is 0 Å². The molecule has 13 heavy (non-hydrogen) atoms. The van der Waals surface area contributed by atoms with Gasteiger partial charge in [-0.05, 0) is 17.7 Å². The van der Waals surface area contributed by atoms with Gasteiger partial charge in [-0.25, -0.2) is 10.2 Å². The van der Waals surface area contributed by atoms with E-state index in [2.05, 4.69) is 26.5 Å². The number of amides is 2. The highest BCUT2D eigenvalue weighted by Gasteiger charge is 1.88. The third-order valence-electron chi connectivity index (χ3n) is 1.26. The zero-order valence-corrected chi connectivity index (χ0v) is 8.28. The predicted octanol–water partition coefficient (Wildman–Crippen LogP) is 1.45. The van der Waals surface area contributed by atoms with Crippen LogP contribution in [0.5, 0.6) is 0 Å². The number of hydrazone groups is 1. The Morgan fingerprint density at radius 3 is 2.62 bits per heavy atom. The molecule has 68 valence electrons. The van der Waals surface area contributed by atoms with Crippen LogP contribution >= 0.6 is 15.9 Å². The number of nitrogens with zero attached hydrogens (tertiary/aromatic N) is 1. The second kappa shape index (κ2) is 4.61. The van der Waals surface area contributed by atoms with Gasteiger partial charge in [0.2, 0.25) is 0 Å². The van der Waals surface area contributed by atoms with Crippen LogP contribution in [0.4, 0.5) is 4.79 Å². The smallest absolute Gasteiger partial charge is 0.332 e. The van der Waals surface area contributed by atoms with Gasteiger partial charge in [-0.15, -0.1) is 0 Å². The summed E-state index contributed by atoms with van der Waals surface area (Å²) < 4.78 is 0.993. The average molecular weight is 242 g/mol. The molecule has 0 aromatic heterocycles. The molecule has 1 aromatic rings. The molecule has 5 heteroatoms. The first-order chi connectivity index (χ1) is 6.18. The van der Waals surface area contributed by atoms with E-state index in [0.29, 0.717) is 0 Å². The zero-order valence-electron chi connectivity index (χ0n) is 6.70. The van der Waals surface area contributed by atoms with Gasteiger partial charge >= 0.3 is 6.03 Å². The van der Waals surface area contributed by atoms with Crippen LogP contribution in [0.15, 0.2) is 33.8 Å². The number of rotatable bonds is 2. The van der Waals surface area contributed by atoms with Crippen molar-refractivity contribution in [1.29, 1.82) is 0 Å². The molecule has 2 amide bonds. The highest BCUT2D eigenvalue weighted by molar-refractivity contribution is 9.10. The maximum atomic E-state index is 10.2. The third-order valence-corrected chi connectivity index (χ3v) is 1.79. The number of nitrogens with two attached hydrogens (primary N) is 1. The van der Waals surface area contributed by atoms with Gasteiger partial charge in [-0.3, -0.25) is 0 Å². The third kappa shape index (κ3) is 3.71. The van der Waals surface area contributed by atoms with Crippen LogP contribution in [-0.4, -0.2) is 12.2 Å². The Balaban J connectivity index is 2.59. The number of hydrogen-bond donors (Lipinski definition) is 2. The van der Waals surface area contributed by atoms with E-state index in [1.165, 1.54) is 6.21 Å². The number of benzene rings is 1. The van der Waals surface area contributed by atoms with Crippen molar-refractivity contribution in [1.82, 2.24) is 5.43 Å². The normalized spacial score (nSPS) is 10.2. The summed E-state index contributed by atoms with van der Waals surface area (Å²) in [7, 11) is 0. The first-order valence-electron chi connectivity index (χ1n) is 3.52. The van der Waals surface area contributed by atoms with Crippen molar-refractivity contribution in [3.8, 4) is 0 Å². The van der Waals surface area contributed by atoms with Crippen molar-refractivity contribution >= 4 is 28.2 Å². The maximum Gasteiger partial charge on any atom is 0.332 e. The first-order valence-corrected chi connectivity index (χ1v) is 4.32. The molecule has 0 radical (unpaired) electrons. The van der Waals surface area contributed by atoms with Gasteiger partial charge in [-0.2, -0.15) is 5.10 Å². The molecule has 0 spiro atoms. The molecule has 1 rings (SSSR count). The summed E-state index contributed by atoms with van der Waals surface area (Å²) in [4.78, 5) is 10.2. The number of halogens is 1. The number of hydrogen-bond acceptors (Lipinski definition) is 2. The second-order valence-corrected chi connectivity index (χ2v) is 3.20. The first kappa shape index (κ1) is 9.73. The van der Waals surface area contributed by atoms with E-state index in [1.54, 1.807) is 0 Å². The highest BCUT2D eigenvalue weighted by atomic mass is 79.9. The molecule has 3 N–H and O–H groups in total. The van der Waals surface area contributed by atoms with E-state index in [0.717, 1.165) is 10.0 Å². The molecule has 0 aliphatic rings. The van der Waals surface area contributed by atoms with Gasteiger partial charge in [0, 0.05) is 4.47 Å². The molecular formula is C8H8BrN3O. The summed E-state index contributed by atoms with van der Waals surface area (Å²) in [5.74, 6) is 0. The fourth-order valence-corrected chi connectivity index (χ4v) is 0.984. The lowest BCUT2D eigenvalue weighted by Gasteiger charge is -1.93. The lowest BCUT2D eigenvalue weighted by molar-refractivity contribution is 0.249. The number of urea groups is 1. The van der Waals surface area contributed by atoms with E-state index < -0.39 is 6.03 Å². The molecule has 0 heterocycles. The SMILES string of the molecule is NC(=O)N/N=C\c1ccc(Br)cc1. The van der Waals surface area contributed by atoms with Crippen molar-refractivity contribution < 1.29 is 4.79 Å². The topological polar surface area (TPSA) is 67.5 Å². The molecule has 4 nitrogen and oxygen atoms in total. The molecule has 0 saturated heterocycles. The molecule has 1 aromatic carbocycles. The Labute approximate surface area is 83.9 Å². The summed E-state index contributed by atoms with van der Waals surface area (Å²) in [6.45, 7) is 0. The number of nitrogens with one attached hydrogen (secondary N) is 1. The van der Waals surface area contributed by atoms with E-state index in [9.17, 15) is 4.79 Å². The Morgan fingerprint density at radius 2 is 2.08 bits per heavy atom. The minimum Gasteiger partial charge on any atom is -0.350 e.